The van der Waals surface area contributed by atoms with Crippen LogP contribution in [0.1, 0.15) is 6.42 Å². The molecule has 72 valence electrons. The van der Waals surface area contributed by atoms with Crippen LogP contribution in [0.2, 0.25) is 0 Å². The highest BCUT2D eigenvalue weighted by molar-refractivity contribution is 7.91. The van der Waals surface area contributed by atoms with Crippen LogP contribution < -0.4 is 0 Å². The molecule has 0 amide bonds. The number of hydrogen-bond acceptors (Lipinski definition) is 5. The zero-order valence-electron chi connectivity index (χ0n) is 5.93. The molecule has 1 aliphatic rings. The van der Waals surface area contributed by atoms with Crippen LogP contribution in [0, 0.1) is 0 Å². The second kappa shape index (κ2) is 2.93. The molecule has 0 spiro atoms. The van der Waals surface area contributed by atoms with Gasteiger partial charge in [-0.25, -0.2) is 12.6 Å². The fourth-order valence-electron chi connectivity index (χ4n) is 0.999. The third kappa shape index (κ3) is 3.03. The van der Waals surface area contributed by atoms with E-state index in [1.165, 1.54) is 0 Å². The molecule has 12 heavy (non-hydrogen) atoms. The van der Waals surface area contributed by atoms with E-state index >= 15 is 0 Å². The Labute approximate surface area is 69.9 Å². The molecular weight excluding hydrogens is 211 g/mol. The van der Waals surface area contributed by atoms with Gasteiger partial charge in [-0.2, -0.15) is 8.42 Å². The normalized spacial score (nSPS) is 28.9. The molecule has 0 aliphatic carbocycles. The maximum absolute atomic E-state index is 11.8. The van der Waals surface area contributed by atoms with Crippen molar-refractivity contribution < 1.29 is 24.9 Å². The molecular formula is C4H7FO5S2. The maximum Gasteiger partial charge on any atom is 0.437 e. The molecule has 1 atom stereocenters. The summed E-state index contributed by atoms with van der Waals surface area (Å²) in [4.78, 5) is 0. The van der Waals surface area contributed by atoms with E-state index in [1.54, 1.807) is 0 Å². The summed E-state index contributed by atoms with van der Waals surface area (Å²) < 4.78 is 57.0. The molecule has 1 saturated heterocycles. The van der Waals surface area contributed by atoms with Gasteiger partial charge in [0.2, 0.25) is 0 Å². The highest BCUT2D eigenvalue weighted by atomic mass is 32.3. The number of hydrogen-bond donors (Lipinski definition) is 0. The molecule has 0 aromatic rings. The molecule has 1 unspecified atom stereocenters. The Morgan fingerprint density at radius 3 is 2.33 bits per heavy atom. The van der Waals surface area contributed by atoms with Crippen molar-refractivity contribution in [3.05, 3.63) is 0 Å². The second-order valence-corrected chi connectivity index (χ2v) is 5.72. The Bertz CT molecular complexity index is 355. The summed E-state index contributed by atoms with van der Waals surface area (Å²) in [6, 6.07) is 0. The van der Waals surface area contributed by atoms with Crippen LogP contribution in [-0.4, -0.2) is 34.4 Å². The first-order valence-corrected chi connectivity index (χ1v) is 6.25. The minimum atomic E-state index is -5.02. The van der Waals surface area contributed by atoms with Crippen molar-refractivity contribution in [3.8, 4) is 0 Å². The van der Waals surface area contributed by atoms with Gasteiger partial charge in [-0.3, -0.25) is 0 Å². The van der Waals surface area contributed by atoms with Gasteiger partial charge in [-0.1, -0.05) is 3.89 Å². The van der Waals surface area contributed by atoms with Gasteiger partial charge < -0.3 is 0 Å². The number of sulfone groups is 1. The Morgan fingerprint density at radius 2 is 2.00 bits per heavy atom. The first-order chi connectivity index (χ1) is 5.29. The first-order valence-electron chi connectivity index (χ1n) is 3.12. The number of halogens is 1. The van der Waals surface area contributed by atoms with Crippen molar-refractivity contribution in [1.82, 2.24) is 0 Å². The highest BCUT2D eigenvalue weighted by Gasteiger charge is 2.32. The smallest absolute Gasteiger partial charge is 0.240 e. The molecule has 0 bridgehead atoms. The van der Waals surface area contributed by atoms with E-state index < -0.39 is 32.2 Å². The second-order valence-electron chi connectivity index (χ2n) is 2.51. The molecule has 1 heterocycles. The quantitative estimate of drug-likeness (QED) is 0.578. The van der Waals surface area contributed by atoms with Crippen molar-refractivity contribution in [3.63, 3.8) is 0 Å². The minimum absolute atomic E-state index is 0.0332. The first kappa shape index (κ1) is 9.87. The summed E-state index contributed by atoms with van der Waals surface area (Å²) in [5.41, 5.74) is 0. The van der Waals surface area contributed by atoms with Crippen LogP contribution in [0.25, 0.3) is 0 Å². The van der Waals surface area contributed by atoms with E-state index in [9.17, 15) is 20.7 Å². The van der Waals surface area contributed by atoms with Gasteiger partial charge in [0, 0.05) is 0 Å². The van der Waals surface area contributed by atoms with Gasteiger partial charge >= 0.3 is 10.5 Å². The van der Waals surface area contributed by atoms with Gasteiger partial charge in [0.15, 0.2) is 9.84 Å². The van der Waals surface area contributed by atoms with E-state index in [0.29, 0.717) is 0 Å². The summed E-state index contributed by atoms with van der Waals surface area (Å²) in [7, 11) is -8.25. The largest absolute Gasteiger partial charge is 0.437 e. The summed E-state index contributed by atoms with van der Waals surface area (Å²) in [5, 5.41) is 0. The molecule has 8 heteroatoms. The van der Waals surface area contributed by atoms with Gasteiger partial charge in [0.05, 0.1) is 17.6 Å². The molecule has 1 rings (SSSR count). The minimum Gasteiger partial charge on any atom is -0.240 e. The van der Waals surface area contributed by atoms with Crippen LogP contribution in [0.3, 0.4) is 0 Å². The Morgan fingerprint density at radius 1 is 1.42 bits per heavy atom. The topological polar surface area (TPSA) is 77.5 Å². The molecule has 0 aromatic heterocycles. The Hall–Kier alpha value is -0.210. The maximum atomic E-state index is 11.8. The number of rotatable bonds is 2. The molecule has 1 aliphatic heterocycles. The summed E-state index contributed by atoms with van der Waals surface area (Å²) in [6.45, 7) is 0. The Kier molecular flexibility index (Phi) is 2.41. The zero-order chi connectivity index (χ0) is 9.41. The van der Waals surface area contributed by atoms with Crippen molar-refractivity contribution >= 4 is 20.3 Å². The predicted octanol–water partition coefficient (Wildman–Crippen LogP) is -0.596. The molecule has 5 nitrogen and oxygen atoms in total. The average molecular weight is 218 g/mol. The highest BCUT2D eigenvalue weighted by Crippen LogP contribution is 2.17. The summed E-state index contributed by atoms with van der Waals surface area (Å²) in [6.07, 6.45) is -1.02. The van der Waals surface area contributed by atoms with Crippen LogP contribution in [0.5, 0.6) is 0 Å². The summed E-state index contributed by atoms with van der Waals surface area (Å²) in [5.74, 6) is -0.566. The predicted molar refractivity (Wildman–Crippen MR) is 38.2 cm³/mol. The molecule has 0 saturated carbocycles. The molecule has 0 N–H and O–H groups in total. The van der Waals surface area contributed by atoms with E-state index in [4.69, 9.17) is 0 Å². The SMILES string of the molecule is O=S1(=O)CCC(OS(=O)(=O)F)C1. The monoisotopic (exact) mass is 218 g/mol. The lowest BCUT2D eigenvalue weighted by Crippen LogP contribution is -2.16. The van der Waals surface area contributed by atoms with E-state index in [-0.39, 0.29) is 12.2 Å². The van der Waals surface area contributed by atoms with Gasteiger partial charge in [-0.05, 0) is 6.42 Å². The van der Waals surface area contributed by atoms with Crippen LogP contribution >= 0.6 is 0 Å². The zero-order valence-corrected chi connectivity index (χ0v) is 7.57. The standard InChI is InChI=1S/C4H7FO5S2/c5-12(8,9)10-4-1-2-11(6,7)3-4/h4H,1-3H2. The fraction of sp³-hybridized carbons (Fsp3) is 1.00. The van der Waals surface area contributed by atoms with E-state index in [1.807, 2.05) is 0 Å². The Balaban J connectivity index is 2.61. The van der Waals surface area contributed by atoms with Gasteiger partial charge in [0.25, 0.3) is 0 Å². The third-order valence-electron chi connectivity index (χ3n) is 1.44. The van der Waals surface area contributed by atoms with Gasteiger partial charge in [0.1, 0.15) is 0 Å². The fourth-order valence-corrected chi connectivity index (χ4v) is 3.16. The van der Waals surface area contributed by atoms with Crippen LogP contribution in [-0.2, 0) is 24.5 Å². The van der Waals surface area contributed by atoms with E-state index in [2.05, 4.69) is 4.18 Å². The average Bonchev–Trinajstić information content (AvgIpc) is 2.05. The van der Waals surface area contributed by atoms with Crippen molar-refractivity contribution in [1.29, 1.82) is 0 Å². The lowest BCUT2D eigenvalue weighted by atomic mass is 10.3. The molecule has 0 radical (unpaired) electrons. The van der Waals surface area contributed by atoms with Crippen LogP contribution in [0.15, 0.2) is 0 Å². The van der Waals surface area contributed by atoms with E-state index in [0.717, 1.165) is 0 Å². The molecule has 0 aromatic carbocycles. The summed E-state index contributed by atoms with van der Waals surface area (Å²) >= 11 is 0. The van der Waals surface area contributed by atoms with Crippen molar-refractivity contribution in [2.75, 3.05) is 11.5 Å². The van der Waals surface area contributed by atoms with Crippen LogP contribution in [0.4, 0.5) is 3.89 Å². The lowest BCUT2D eigenvalue weighted by Gasteiger charge is -2.02. The third-order valence-corrected chi connectivity index (χ3v) is 3.68. The van der Waals surface area contributed by atoms with Crippen molar-refractivity contribution in [2.45, 2.75) is 12.5 Å². The van der Waals surface area contributed by atoms with Gasteiger partial charge in [-0.15, -0.1) is 0 Å². The molecule has 1 fully saturated rings. The van der Waals surface area contributed by atoms with Crippen molar-refractivity contribution in [2.24, 2.45) is 0 Å². The lowest BCUT2D eigenvalue weighted by molar-refractivity contribution is 0.219.